The highest BCUT2D eigenvalue weighted by Crippen LogP contribution is 2.30. The average Bonchev–Trinajstić information content (AvgIpc) is 2.51. The molecule has 0 atom stereocenters. The molecule has 0 unspecified atom stereocenters. The summed E-state index contributed by atoms with van der Waals surface area (Å²) < 4.78 is 7.83. The molecular weight excluding hydrogens is 614 g/mol. The van der Waals surface area contributed by atoms with Gasteiger partial charge in [0.25, 0.3) is 5.91 Å². The number of halogens is 3. The van der Waals surface area contributed by atoms with Crippen LogP contribution in [-0.4, -0.2) is 23.8 Å². The highest BCUT2D eigenvalue weighted by molar-refractivity contribution is 14.1. The van der Waals surface area contributed by atoms with Gasteiger partial charge in [0.2, 0.25) is 0 Å². The van der Waals surface area contributed by atoms with E-state index in [0.717, 1.165) is 28.3 Å². The van der Waals surface area contributed by atoms with Crippen LogP contribution in [0.5, 0.6) is 11.5 Å². The third-order valence-corrected chi connectivity index (χ3v) is 5.40. The number of phenols is 1. The summed E-state index contributed by atoms with van der Waals surface area (Å²) in [6.45, 7) is 3.79. The molecule has 1 amide bonds. The van der Waals surface area contributed by atoms with Gasteiger partial charge in [0, 0.05) is 0 Å². The standard InChI is InChI=1S/C17H15BrI2N2O3/c1-9-3-10(2)17(12(18)4-9)25-8-15(23)22-21-7-11-5-13(19)16(24)14(20)6-11/h3-7,24H,8H2,1-2H3,(H,22,23)/b21-7+. The molecule has 0 aromatic heterocycles. The molecule has 0 saturated heterocycles. The molecule has 2 rings (SSSR count). The number of nitrogens with one attached hydrogen (secondary N) is 1. The molecule has 0 radical (unpaired) electrons. The molecule has 0 aliphatic heterocycles. The quantitative estimate of drug-likeness (QED) is 0.291. The Labute approximate surface area is 181 Å². The normalized spacial score (nSPS) is 10.9. The molecule has 5 nitrogen and oxygen atoms in total. The van der Waals surface area contributed by atoms with Crippen LogP contribution in [0.4, 0.5) is 0 Å². The summed E-state index contributed by atoms with van der Waals surface area (Å²) in [5.41, 5.74) is 5.28. The van der Waals surface area contributed by atoms with E-state index >= 15 is 0 Å². The topological polar surface area (TPSA) is 70.9 Å². The highest BCUT2D eigenvalue weighted by Gasteiger charge is 2.09. The van der Waals surface area contributed by atoms with Crippen molar-refractivity contribution in [3.63, 3.8) is 0 Å². The van der Waals surface area contributed by atoms with Crippen LogP contribution in [0.2, 0.25) is 0 Å². The third-order valence-electron chi connectivity index (χ3n) is 3.16. The lowest BCUT2D eigenvalue weighted by atomic mass is 10.1. The van der Waals surface area contributed by atoms with E-state index in [1.165, 1.54) is 6.21 Å². The van der Waals surface area contributed by atoms with Gasteiger partial charge in [-0.2, -0.15) is 5.10 Å². The fourth-order valence-corrected chi connectivity index (χ4v) is 4.70. The van der Waals surface area contributed by atoms with E-state index < -0.39 is 0 Å². The Hall–Kier alpha value is -0.880. The van der Waals surface area contributed by atoms with Crippen molar-refractivity contribution in [2.75, 3.05) is 6.61 Å². The van der Waals surface area contributed by atoms with Gasteiger partial charge in [-0.1, -0.05) is 6.07 Å². The zero-order valence-corrected chi connectivity index (χ0v) is 19.3. The number of carbonyl (C=O) groups is 1. The number of phenolic OH excluding ortho intramolecular Hbond substituents is 1. The number of amides is 1. The first-order valence-corrected chi connectivity index (χ1v) is 10.1. The van der Waals surface area contributed by atoms with Crippen LogP contribution in [0.25, 0.3) is 0 Å². The van der Waals surface area contributed by atoms with Gasteiger partial charge < -0.3 is 9.84 Å². The fourth-order valence-electron chi connectivity index (χ4n) is 2.09. The highest BCUT2D eigenvalue weighted by atomic mass is 127. The Morgan fingerprint density at radius 1 is 1.28 bits per heavy atom. The van der Waals surface area contributed by atoms with Gasteiger partial charge in [-0.15, -0.1) is 0 Å². The van der Waals surface area contributed by atoms with Gasteiger partial charge in [-0.05, 0) is 110 Å². The van der Waals surface area contributed by atoms with Crippen LogP contribution in [0, 0.1) is 21.0 Å². The molecule has 2 N–H and O–H groups in total. The number of aryl methyl sites for hydroxylation is 2. The second-order valence-electron chi connectivity index (χ2n) is 5.31. The number of hydrogen-bond acceptors (Lipinski definition) is 4. The fraction of sp³-hybridized carbons (Fsp3) is 0.176. The minimum atomic E-state index is -0.355. The molecular formula is C17H15BrI2N2O3. The average molecular weight is 629 g/mol. The lowest BCUT2D eigenvalue weighted by Crippen LogP contribution is -2.24. The number of nitrogens with zero attached hydrogens (tertiary/aromatic N) is 1. The molecule has 0 aliphatic rings. The number of carbonyl (C=O) groups excluding carboxylic acids is 1. The van der Waals surface area contributed by atoms with Crippen molar-refractivity contribution in [2.45, 2.75) is 13.8 Å². The molecule has 0 bridgehead atoms. The molecule has 132 valence electrons. The van der Waals surface area contributed by atoms with Crippen LogP contribution >= 0.6 is 61.1 Å². The van der Waals surface area contributed by atoms with Gasteiger partial charge in [0.05, 0.1) is 17.8 Å². The van der Waals surface area contributed by atoms with E-state index in [9.17, 15) is 9.90 Å². The van der Waals surface area contributed by atoms with Crippen LogP contribution in [0.15, 0.2) is 33.8 Å². The monoisotopic (exact) mass is 628 g/mol. The summed E-state index contributed by atoms with van der Waals surface area (Å²) in [6, 6.07) is 7.48. The van der Waals surface area contributed by atoms with E-state index in [1.807, 2.05) is 71.2 Å². The molecule has 2 aromatic carbocycles. The minimum absolute atomic E-state index is 0.134. The van der Waals surface area contributed by atoms with Crippen molar-refractivity contribution in [1.29, 1.82) is 0 Å². The first-order valence-electron chi connectivity index (χ1n) is 7.17. The summed E-state index contributed by atoms with van der Waals surface area (Å²) in [5.74, 6) is 0.536. The smallest absolute Gasteiger partial charge is 0.277 e. The molecule has 0 aliphatic carbocycles. The number of hydrazone groups is 1. The first-order chi connectivity index (χ1) is 11.8. The predicted octanol–water partition coefficient (Wildman–Crippen LogP) is 4.51. The molecule has 8 heteroatoms. The van der Waals surface area contributed by atoms with Crippen molar-refractivity contribution in [3.8, 4) is 11.5 Å². The van der Waals surface area contributed by atoms with Gasteiger partial charge in [-0.25, -0.2) is 5.43 Å². The lowest BCUT2D eigenvalue weighted by molar-refractivity contribution is -0.123. The van der Waals surface area contributed by atoms with Gasteiger partial charge >= 0.3 is 0 Å². The minimum Gasteiger partial charge on any atom is -0.506 e. The van der Waals surface area contributed by atoms with Crippen molar-refractivity contribution in [1.82, 2.24) is 5.43 Å². The predicted molar refractivity (Wildman–Crippen MR) is 118 cm³/mol. The Balaban J connectivity index is 1.93. The Bertz CT molecular complexity index is 795. The summed E-state index contributed by atoms with van der Waals surface area (Å²) in [7, 11) is 0. The van der Waals surface area contributed by atoms with Gasteiger partial charge in [0.15, 0.2) is 6.61 Å². The Morgan fingerprint density at radius 2 is 1.92 bits per heavy atom. The Morgan fingerprint density at radius 3 is 2.52 bits per heavy atom. The lowest BCUT2D eigenvalue weighted by Gasteiger charge is -2.11. The zero-order valence-electron chi connectivity index (χ0n) is 13.4. The van der Waals surface area contributed by atoms with E-state index in [-0.39, 0.29) is 18.3 Å². The molecule has 0 saturated carbocycles. The molecule has 0 heterocycles. The molecule has 0 spiro atoms. The van der Waals surface area contributed by atoms with Crippen LogP contribution in [0.1, 0.15) is 16.7 Å². The number of ether oxygens (including phenoxy) is 1. The van der Waals surface area contributed by atoms with Gasteiger partial charge in [0.1, 0.15) is 11.5 Å². The number of benzene rings is 2. The summed E-state index contributed by atoms with van der Waals surface area (Å²) >= 11 is 7.52. The largest absolute Gasteiger partial charge is 0.506 e. The van der Waals surface area contributed by atoms with E-state index in [2.05, 4.69) is 26.5 Å². The number of rotatable bonds is 5. The summed E-state index contributed by atoms with van der Waals surface area (Å²) in [6.07, 6.45) is 1.52. The van der Waals surface area contributed by atoms with E-state index in [1.54, 1.807) is 12.1 Å². The molecule has 25 heavy (non-hydrogen) atoms. The number of hydrogen-bond donors (Lipinski definition) is 2. The summed E-state index contributed by atoms with van der Waals surface area (Å²) in [4.78, 5) is 11.9. The van der Waals surface area contributed by atoms with E-state index in [0.29, 0.717) is 5.75 Å². The van der Waals surface area contributed by atoms with Crippen molar-refractivity contribution < 1.29 is 14.6 Å². The molecule has 2 aromatic rings. The zero-order chi connectivity index (χ0) is 18.6. The Kier molecular flexibility index (Phi) is 7.50. The third kappa shape index (κ3) is 5.81. The maximum Gasteiger partial charge on any atom is 0.277 e. The maximum absolute atomic E-state index is 11.9. The second kappa shape index (κ2) is 9.17. The van der Waals surface area contributed by atoms with Crippen LogP contribution in [-0.2, 0) is 4.79 Å². The second-order valence-corrected chi connectivity index (χ2v) is 8.49. The van der Waals surface area contributed by atoms with Crippen LogP contribution < -0.4 is 10.2 Å². The first kappa shape index (κ1) is 20.4. The van der Waals surface area contributed by atoms with Crippen molar-refractivity contribution in [3.05, 3.63) is 52.6 Å². The van der Waals surface area contributed by atoms with E-state index in [4.69, 9.17) is 4.74 Å². The molecule has 0 fully saturated rings. The number of aromatic hydroxyl groups is 1. The summed E-state index contributed by atoms with van der Waals surface area (Å²) in [5, 5.41) is 13.7. The van der Waals surface area contributed by atoms with Crippen molar-refractivity contribution >= 4 is 73.2 Å². The van der Waals surface area contributed by atoms with Gasteiger partial charge in [-0.3, -0.25) is 4.79 Å². The maximum atomic E-state index is 11.9. The van der Waals surface area contributed by atoms with Crippen molar-refractivity contribution in [2.24, 2.45) is 5.10 Å². The van der Waals surface area contributed by atoms with Crippen LogP contribution in [0.3, 0.4) is 0 Å². The SMILES string of the molecule is Cc1cc(C)c(OCC(=O)N/N=C/c2cc(I)c(O)c(I)c2)c(Br)c1.